The van der Waals surface area contributed by atoms with Crippen LogP contribution in [0.2, 0.25) is 5.02 Å². The van der Waals surface area contributed by atoms with E-state index in [4.69, 9.17) is 16.3 Å². The molecule has 1 heterocycles. The number of benzene rings is 2. The summed E-state index contributed by atoms with van der Waals surface area (Å²) >= 11 is 6.19. The Morgan fingerprint density at radius 2 is 1.86 bits per heavy atom. The van der Waals surface area contributed by atoms with Gasteiger partial charge in [-0.25, -0.2) is 8.78 Å². The zero-order chi connectivity index (χ0) is 15.0. The van der Waals surface area contributed by atoms with Gasteiger partial charge in [-0.15, -0.1) is 0 Å². The SMILES string of the molecule is COc1cc(F)c(-c2ccc(Cl)c3c2CNCC3)c(F)c1. The number of rotatable bonds is 2. The Balaban J connectivity index is 2.22. The van der Waals surface area contributed by atoms with Crippen LogP contribution >= 0.6 is 11.6 Å². The molecule has 3 rings (SSSR count). The molecule has 0 spiro atoms. The monoisotopic (exact) mass is 309 g/mol. The highest BCUT2D eigenvalue weighted by atomic mass is 35.5. The Labute approximate surface area is 126 Å². The van der Waals surface area contributed by atoms with E-state index in [9.17, 15) is 8.78 Å². The highest BCUT2D eigenvalue weighted by molar-refractivity contribution is 6.31. The van der Waals surface area contributed by atoms with E-state index in [1.165, 1.54) is 19.2 Å². The predicted molar refractivity (Wildman–Crippen MR) is 78.8 cm³/mol. The van der Waals surface area contributed by atoms with Crippen molar-refractivity contribution in [3.05, 3.63) is 52.0 Å². The molecule has 0 aromatic heterocycles. The molecule has 0 saturated carbocycles. The molecule has 2 aromatic carbocycles. The third-order valence-corrected chi connectivity index (χ3v) is 4.10. The van der Waals surface area contributed by atoms with Gasteiger partial charge in [-0.3, -0.25) is 0 Å². The van der Waals surface area contributed by atoms with Gasteiger partial charge in [-0.1, -0.05) is 17.7 Å². The number of ether oxygens (including phenoxy) is 1. The first-order valence-corrected chi connectivity index (χ1v) is 7.04. The fraction of sp³-hybridized carbons (Fsp3) is 0.250. The van der Waals surface area contributed by atoms with Crippen molar-refractivity contribution in [3.8, 4) is 16.9 Å². The van der Waals surface area contributed by atoms with Crippen molar-refractivity contribution in [2.45, 2.75) is 13.0 Å². The van der Waals surface area contributed by atoms with E-state index in [2.05, 4.69) is 5.32 Å². The van der Waals surface area contributed by atoms with Crippen LogP contribution in [0.15, 0.2) is 24.3 Å². The highest BCUT2D eigenvalue weighted by Crippen LogP contribution is 2.36. The lowest BCUT2D eigenvalue weighted by molar-refractivity contribution is 0.407. The summed E-state index contributed by atoms with van der Waals surface area (Å²) in [6.07, 6.45) is 0.751. The lowest BCUT2D eigenvalue weighted by atomic mass is 9.91. The van der Waals surface area contributed by atoms with Gasteiger partial charge in [-0.05, 0) is 35.7 Å². The minimum Gasteiger partial charge on any atom is -0.497 e. The summed E-state index contributed by atoms with van der Waals surface area (Å²) < 4.78 is 33.4. The first-order chi connectivity index (χ1) is 10.1. The molecule has 0 atom stereocenters. The van der Waals surface area contributed by atoms with Crippen LogP contribution in [0, 0.1) is 11.6 Å². The van der Waals surface area contributed by atoms with E-state index in [0.29, 0.717) is 17.1 Å². The lowest BCUT2D eigenvalue weighted by Crippen LogP contribution is -2.24. The van der Waals surface area contributed by atoms with E-state index >= 15 is 0 Å². The van der Waals surface area contributed by atoms with Gasteiger partial charge < -0.3 is 10.1 Å². The fourth-order valence-electron chi connectivity index (χ4n) is 2.72. The van der Waals surface area contributed by atoms with Gasteiger partial charge in [-0.2, -0.15) is 0 Å². The molecule has 0 fully saturated rings. The molecule has 0 unspecified atom stereocenters. The first-order valence-electron chi connectivity index (χ1n) is 6.66. The summed E-state index contributed by atoms with van der Waals surface area (Å²) in [4.78, 5) is 0. The van der Waals surface area contributed by atoms with Gasteiger partial charge in [0.15, 0.2) is 0 Å². The second-order valence-electron chi connectivity index (χ2n) is 4.94. The maximum Gasteiger partial charge on any atom is 0.137 e. The average Bonchev–Trinajstić information content (AvgIpc) is 2.49. The number of methoxy groups -OCH3 is 1. The average molecular weight is 310 g/mol. The van der Waals surface area contributed by atoms with Crippen molar-refractivity contribution in [1.29, 1.82) is 0 Å². The zero-order valence-electron chi connectivity index (χ0n) is 11.5. The Morgan fingerprint density at radius 3 is 2.52 bits per heavy atom. The van der Waals surface area contributed by atoms with Crippen molar-refractivity contribution in [2.75, 3.05) is 13.7 Å². The Morgan fingerprint density at radius 1 is 1.14 bits per heavy atom. The highest BCUT2D eigenvalue weighted by Gasteiger charge is 2.21. The fourth-order valence-corrected chi connectivity index (χ4v) is 2.99. The van der Waals surface area contributed by atoms with Crippen LogP contribution in [-0.2, 0) is 13.0 Å². The predicted octanol–water partition coefficient (Wildman–Crippen LogP) is 3.94. The topological polar surface area (TPSA) is 21.3 Å². The van der Waals surface area contributed by atoms with E-state index < -0.39 is 11.6 Å². The molecule has 0 aliphatic carbocycles. The number of hydrogen-bond acceptors (Lipinski definition) is 2. The molecule has 0 radical (unpaired) electrons. The van der Waals surface area contributed by atoms with Crippen LogP contribution in [0.25, 0.3) is 11.1 Å². The van der Waals surface area contributed by atoms with Gasteiger partial charge in [0, 0.05) is 23.7 Å². The Hall–Kier alpha value is -1.65. The minimum atomic E-state index is -0.637. The molecule has 110 valence electrons. The Bertz CT molecular complexity index is 680. The molecule has 1 aliphatic rings. The summed E-state index contributed by atoms with van der Waals surface area (Å²) in [5, 5.41) is 3.85. The third-order valence-electron chi connectivity index (χ3n) is 3.75. The van der Waals surface area contributed by atoms with Crippen molar-refractivity contribution in [1.82, 2.24) is 5.32 Å². The third kappa shape index (κ3) is 2.49. The number of fused-ring (bicyclic) bond motifs is 1. The molecule has 2 nitrogen and oxygen atoms in total. The summed E-state index contributed by atoms with van der Waals surface area (Å²) in [5.74, 6) is -1.11. The summed E-state index contributed by atoms with van der Waals surface area (Å²) in [5.41, 5.74) is 2.32. The van der Waals surface area contributed by atoms with Gasteiger partial charge in [0.25, 0.3) is 0 Å². The second-order valence-corrected chi connectivity index (χ2v) is 5.35. The van der Waals surface area contributed by atoms with Crippen LogP contribution in [0.3, 0.4) is 0 Å². The zero-order valence-corrected chi connectivity index (χ0v) is 12.2. The Kier molecular flexibility index (Phi) is 3.83. The number of halogens is 3. The lowest BCUT2D eigenvalue weighted by Gasteiger charge is -2.22. The smallest absolute Gasteiger partial charge is 0.137 e. The molecule has 21 heavy (non-hydrogen) atoms. The van der Waals surface area contributed by atoms with Crippen LogP contribution in [0.5, 0.6) is 5.75 Å². The standard InChI is InChI=1S/C16H14ClF2NO/c1-21-9-6-14(18)16(15(19)7-9)11-2-3-13(17)10-4-5-20-8-12(10)11/h2-3,6-7,20H,4-5,8H2,1H3. The van der Waals surface area contributed by atoms with Gasteiger partial charge >= 0.3 is 0 Å². The van der Waals surface area contributed by atoms with E-state index in [0.717, 1.165) is 24.1 Å². The van der Waals surface area contributed by atoms with Crippen molar-refractivity contribution >= 4 is 11.6 Å². The number of nitrogens with one attached hydrogen (secondary N) is 1. The quantitative estimate of drug-likeness (QED) is 0.907. The van der Waals surface area contributed by atoms with Crippen molar-refractivity contribution in [2.24, 2.45) is 0 Å². The van der Waals surface area contributed by atoms with Crippen LogP contribution < -0.4 is 10.1 Å². The maximum atomic E-state index is 14.3. The molecular formula is C16H14ClF2NO. The van der Waals surface area contributed by atoms with Crippen LogP contribution in [0.4, 0.5) is 8.78 Å². The maximum absolute atomic E-state index is 14.3. The van der Waals surface area contributed by atoms with Gasteiger partial charge in [0.1, 0.15) is 17.4 Å². The minimum absolute atomic E-state index is 0.0348. The van der Waals surface area contributed by atoms with E-state index in [1.54, 1.807) is 12.1 Å². The molecule has 2 aromatic rings. The van der Waals surface area contributed by atoms with E-state index in [-0.39, 0.29) is 11.3 Å². The van der Waals surface area contributed by atoms with E-state index in [1.807, 2.05) is 0 Å². The molecule has 1 aliphatic heterocycles. The largest absolute Gasteiger partial charge is 0.497 e. The second kappa shape index (κ2) is 5.62. The first kappa shape index (κ1) is 14.3. The molecule has 1 N–H and O–H groups in total. The molecule has 0 saturated heterocycles. The number of hydrogen-bond donors (Lipinski definition) is 1. The van der Waals surface area contributed by atoms with Crippen LogP contribution in [0.1, 0.15) is 11.1 Å². The summed E-state index contributed by atoms with van der Waals surface area (Å²) in [6.45, 7) is 1.36. The molecule has 0 amide bonds. The summed E-state index contributed by atoms with van der Waals surface area (Å²) in [7, 11) is 1.38. The van der Waals surface area contributed by atoms with Crippen molar-refractivity contribution < 1.29 is 13.5 Å². The molecular weight excluding hydrogens is 296 g/mol. The normalized spacial score (nSPS) is 13.9. The van der Waals surface area contributed by atoms with Gasteiger partial charge in [0.2, 0.25) is 0 Å². The van der Waals surface area contributed by atoms with Crippen LogP contribution in [-0.4, -0.2) is 13.7 Å². The molecule has 0 bridgehead atoms. The molecule has 5 heteroatoms. The summed E-state index contributed by atoms with van der Waals surface area (Å²) in [6, 6.07) is 5.75. The van der Waals surface area contributed by atoms with Crippen molar-refractivity contribution in [3.63, 3.8) is 0 Å². The van der Waals surface area contributed by atoms with Gasteiger partial charge in [0.05, 0.1) is 12.7 Å².